The van der Waals surface area contributed by atoms with Crippen LogP contribution in [0.4, 0.5) is 4.79 Å². The van der Waals surface area contributed by atoms with Crippen LogP contribution in [0.5, 0.6) is 5.75 Å². The Hall–Kier alpha value is -1.70. The summed E-state index contributed by atoms with van der Waals surface area (Å²) in [5.41, 5.74) is 0.198. The lowest BCUT2D eigenvalue weighted by Gasteiger charge is -2.10. The molecule has 1 saturated heterocycles. The van der Waals surface area contributed by atoms with E-state index in [1.54, 1.807) is 6.92 Å². The number of halogens is 2. The van der Waals surface area contributed by atoms with E-state index in [2.05, 4.69) is 0 Å². The molecule has 23 heavy (non-hydrogen) atoms. The first-order chi connectivity index (χ1) is 10.8. The van der Waals surface area contributed by atoms with E-state index < -0.39 is 23.7 Å². The Balaban J connectivity index is 2.27. The molecule has 0 spiro atoms. The number of amides is 2. The molecule has 9 heteroatoms. The molecule has 1 aromatic rings. The van der Waals surface area contributed by atoms with Gasteiger partial charge in [-0.25, -0.2) is 0 Å². The van der Waals surface area contributed by atoms with E-state index in [0.717, 1.165) is 4.90 Å². The Morgan fingerprint density at radius 3 is 2.74 bits per heavy atom. The molecule has 0 aliphatic carbocycles. The van der Waals surface area contributed by atoms with Crippen LogP contribution in [0.25, 0.3) is 6.08 Å². The van der Waals surface area contributed by atoms with Crippen molar-refractivity contribution in [3.05, 3.63) is 32.6 Å². The lowest BCUT2D eigenvalue weighted by Crippen LogP contribution is -2.34. The molecule has 6 nitrogen and oxygen atoms in total. The number of hydrogen-bond donors (Lipinski definition) is 1. The fourth-order valence-corrected chi connectivity index (χ4v) is 3.15. The number of ether oxygens (including phenoxy) is 1. The van der Waals surface area contributed by atoms with Crippen molar-refractivity contribution in [1.82, 2.24) is 4.90 Å². The molecule has 1 fully saturated rings. The van der Waals surface area contributed by atoms with Crippen molar-refractivity contribution in [2.45, 2.75) is 6.92 Å². The fourth-order valence-electron chi connectivity index (χ4n) is 1.81. The van der Waals surface area contributed by atoms with Crippen LogP contribution in [0.2, 0.25) is 10.0 Å². The van der Waals surface area contributed by atoms with E-state index in [0.29, 0.717) is 11.8 Å². The molecule has 0 saturated carbocycles. The summed E-state index contributed by atoms with van der Waals surface area (Å²) in [6.07, 6.45) is 1.29. The van der Waals surface area contributed by atoms with Gasteiger partial charge < -0.3 is 9.84 Å². The molecule has 1 aliphatic heterocycles. The van der Waals surface area contributed by atoms with Gasteiger partial charge in [0.15, 0.2) is 0 Å². The second kappa shape index (κ2) is 7.25. The highest BCUT2D eigenvalue weighted by Crippen LogP contribution is 2.37. The van der Waals surface area contributed by atoms with Crippen molar-refractivity contribution in [1.29, 1.82) is 0 Å². The van der Waals surface area contributed by atoms with E-state index in [4.69, 9.17) is 27.9 Å². The van der Waals surface area contributed by atoms with Crippen molar-refractivity contribution >= 4 is 58.2 Å². The highest BCUT2D eigenvalue weighted by molar-refractivity contribution is 8.18. The minimum absolute atomic E-state index is 0.0227. The lowest BCUT2D eigenvalue weighted by atomic mass is 10.2. The predicted octanol–water partition coefficient (Wildman–Crippen LogP) is 3.30. The Morgan fingerprint density at radius 2 is 2.09 bits per heavy atom. The molecule has 0 bridgehead atoms. The van der Waals surface area contributed by atoms with Crippen LogP contribution in [0.3, 0.4) is 0 Å². The van der Waals surface area contributed by atoms with Crippen LogP contribution in [0.1, 0.15) is 12.5 Å². The average Bonchev–Trinajstić information content (AvgIpc) is 2.72. The van der Waals surface area contributed by atoms with Crippen molar-refractivity contribution in [3.8, 4) is 5.75 Å². The number of rotatable bonds is 4. The summed E-state index contributed by atoms with van der Waals surface area (Å²) in [6, 6.07) is 2.75. The normalized spacial score (nSPS) is 16.3. The zero-order chi connectivity index (χ0) is 17.1. The van der Waals surface area contributed by atoms with Gasteiger partial charge in [0.05, 0.1) is 16.5 Å². The molecule has 0 radical (unpaired) electrons. The van der Waals surface area contributed by atoms with Crippen molar-refractivity contribution in [2.24, 2.45) is 0 Å². The molecule has 0 unspecified atom stereocenters. The molecule has 1 aliphatic rings. The molecule has 0 aromatic heterocycles. The minimum atomic E-state index is -0.676. The number of nitrogens with zero attached hydrogens (tertiary/aromatic N) is 1. The zero-order valence-corrected chi connectivity index (χ0v) is 14.2. The number of aromatic hydroxyl groups is 1. The maximum absolute atomic E-state index is 12.2. The van der Waals surface area contributed by atoms with Crippen LogP contribution < -0.4 is 0 Å². The fraction of sp³-hybridized carbons (Fsp3) is 0.214. The van der Waals surface area contributed by atoms with Gasteiger partial charge in [0, 0.05) is 10.6 Å². The molecule has 122 valence electrons. The molecule has 1 N–H and O–H groups in total. The number of phenolic OH excluding ortho intramolecular Hbond substituents is 1. The van der Waals surface area contributed by atoms with Gasteiger partial charge in [-0.15, -0.1) is 0 Å². The van der Waals surface area contributed by atoms with Crippen LogP contribution in [0, 0.1) is 0 Å². The maximum Gasteiger partial charge on any atom is 0.326 e. The van der Waals surface area contributed by atoms with Crippen molar-refractivity contribution in [2.75, 3.05) is 13.2 Å². The summed E-state index contributed by atoms with van der Waals surface area (Å²) in [5.74, 6) is -1.58. The minimum Gasteiger partial charge on any atom is -0.506 e. The predicted molar refractivity (Wildman–Crippen MR) is 87.4 cm³/mol. The Kier molecular flexibility index (Phi) is 5.56. The topological polar surface area (TPSA) is 83.9 Å². The van der Waals surface area contributed by atoms with E-state index >= 15 is 0 Å². The van der Waals surface area contributed by atoms with Crippen LogP contribution in [0.15, 0.2) is 17.0 Å². The first-order valence-corrected chi connectivity index (χ1v) is 7.99. The SMILES string of the molecule is CCOC(=O)CN1C(=O)S/C(=C/c2cc(Cl)cc(Cl)c2O)C1=O. The number of carbonyl (C=O) groups is 3. The number of imide groups is 1. The number of thioether (sulfide) groups is 1. The summed E-state index contributed by atoms with van der Waals surface area (Å²) in [7, 11) is 0. The van der Waals surface area contributed by atoms with Gasteiger partial charge in [0.25, 0.3) is 11.1 Å². The number of hydrogen-bond acceptors (Lipinski definition) is 6. The third-order valence-corrected chi connectivity index (χ3v) is 4.22. The van der Waals surface area contributed by atoms with Gasteiger partial charge in [0.1, 0.15) is 12.3 Å². The van der Waals surface area contributed by atoms with Crippen molar-refractivity contribution in [3.63, 3.8) is 0 Å². The molecular weight excluding hydrogens is 365 g/mol. The Morgan fingerprint density at radius 1 is 1.39 bits per heavy atom. The van der Waals surface area contributed by atoms with Crippen molar-refractivity contribution < 1.29 is 24.2 Å². The smallest absolute Gasteiger partial charge is 0.326 e. The largest absolute Gasteiger partial charge is 0.506 e. The quantitative estimate of drug-likeness (QED) is 0.641. The average molecular weight is 376 g/mol. The second-order valence-electron chi connectivity index (χ2n) is 4.40. The zero-order valence-electron chi connectivity index (χ0n) is 11.8. The highest BCUT2D eigenvalue weighted by Gasteiger charge is 2.36. The highest BCUT2D eigenvalue weighted by atomic mass is 35.5. The van der Waals surface area contributed by atoms with Crippen LogP contribution in [-0.4, -0.2) is 40.3 Å². The van der Waals surface area contributed by atoms with Gasteiger partial charge in [-0.2, -0.15) is 0 Å². The first kappa shape index (κ1) is 17.7. The number of esters is 1. The van der Waals surface area contributed by atoms with E-state index in [9.17, 15) is 19.5 Å². The third kappa shape index (κ3) is 3.99. The van der Waals surface area contributed by atoms with Gasteiger partial charge in [-0.3, -0.25) is 19.3 Å². The Bertz CT molecular complexity index is 719. The molecule has 2 amide bonds. The summed E-state index contributed by atoms with van der Waals surface area (Å²) >= 11 is 12.3. The summed E-state index contributed by atoms with van der Waals surface area (Å²) in [4.78, 5) is 36.3. The molecule has 1 heterocycles. The standard InChI is InChI=1S/C14H11Cl2NO5S/c1-2-22-11(18)6-17-13(20)10(23-14(17)21)4-7-3-8(15)5-9(16)12(7)19/h3-5,19H,2,6H2,1H3/b10-4+. The van der Waals surface area contributed by atoms with Gasteiger partial charge >= 0.3 is 5.97 Å². The van der Waals surface area contributed by atoms with E-state index in [-0.39, 0.29) is 32.9 Å². The second-order valence-corrected chi connectivity index (χ2v) is 6.24. The monoisotopic (exact) mass is 375 g/mol. The molecule has 0 atom stereocenters. The van der Waals surface area contributed by atoms with E-state index in [1.807, 2.05) is 0 Å². The number of carbonyl (C=O) groups excluding carboxylic acids is 3. The third-order valence-electron chi connectivity index (χ3n) is 2.81. The van der Waals surface area contributed by atoms with Crippen LogP contribution in [-0.2, 0) is 14.3 Å². The first-order valence-electron chi connectivity index (χ1n) is 6.42. The number of benzene rings is 1. The van der Waals surface area contributed by atoms with Crippen LogP contribution >= 0.6 is 35.0 Å². The van der Waals surface area contributed by atoms with E-state index in [1.165, 1.54) is 18.2 Å². The summed E-state index contributed by atoms with van der Waals surface area (Å²) < 4.78 is 4.72. The molecule has 1 aromatic carbocycles. The van der Waals surface area contributed by atoms with Gasteiger partial charge in [0.2, 0.25) is 0 Å². The maximum atomic E-state index is 12.2. The summed E-state index contributed by atoms with van der Waals surface area (Å²) in [5, 5.41) is 9.58. The Labute approximate surface area is 146 Å². The van der Waals surface area contributed by atoms with Gasteiger partial charge in [-0.05, 0) is 36.9 Å². The summed E-state index contributed by atoms with van der Waals surface area (Å²) in [6.45, 7) is 1.31. The molecule has 2 rings (SSSR count). The lowest BCUT2D eigenvalue weighted by molar-refractivity contribution is -0.145. The number of phenols is 1. The molecular formula is C14H11Cl2NO5S. The van der Waals surface area contributed by atoms with Gasteiger partial charge in [-0.1, -0.05) is 23.2 Å².